The highest BCUT2D eigenvalue weighted by molar-refractivity contribution is 5.69. The van der Waals surface area contributed by atoms with Crippen LogP contribution in [-0.4, -0.2) is 53.6 Å². The topological polar surface area (TPSA) is 67.5 Å². The van der Waals surface area contributed by atoms with Crippen LogP contribution in [0.1, 0.15) is 74.1 Å². The van der Waals surface area contributed by atoms with E-state index in [-0.39, 0.29) is 24.2 Å². The SMILES string of the molecule is C=C(C)c1cn[nH]c1[C@H]1CCCN(C(=O)OC)[C@H]1COC1CCC(c2ccccc2)CC1. The molecule has 1 aromatic carbocycles. The molecule has 1 N–H and O–H groups in total. The quantitative estimate of drug-likeness (QED) is 0.648. The van der Waals surface area contributed by atoms with Crippen molar-refractivity contribution in [2.45, 2.75) is 69.4 Å². The third kappa shape index (κ3) is 4.90. The van der Waals surface area contributed by atoms with E-state index in [4.69, 9.17) is 9.47 Å². The molecule has 1 amide bonds. The average molecular weight is 438 g/mol. The van der Waals surface area contributed by atoms with Crippen LogP contribution in [0, 0.1) is 0 Å². The number of allylic oxidation sites excluding steroid dienone is 1. The molecule has 6 nitrogen and oxygen atoms in total. The lowest BCUT2D eigenvalue weighted by atomic mass is 9.82. The minimum absolute atomic E-state index is 0.0819. The van der Waals surface area contributed by atoms with Gasteiger partial charge in [-0.3, -0.25) is 5.10 Å². The number of aromatic nitrogens is 2. The number of aromatic amines is 1. The standard InChI is InChI=1S/C26H35N3O3/c1-18(2)23-16-27-28-25(23)22-10-7-15-29(26(30)31-3)24(22)17-32-21-13-11-20(12-14-21)19-8-5-4-6-9-19/h4-6,8-9,16,20-22,24H,1,7,10-15,17H2,2-3H3,(H,27,28)/t20?,21?,22-,24-/m0/s1. The largest absolute Gasteiger partial charge is 0.453 e. The molecule has 2 heterocycles. The number of methoxy groups -OCH3 is 1. The summed E-state index contributed by atoms with van der Waals surface area (Å²) in [5, 5.41) is 7.45. The molecule has 2 fully saturated rings. The molecule has 1 saturated heterocycles. The number of piperidine rings is 1. The summed E-state index contributed by atoms with van der Waals surface area (Å²) in [7, 11) is 1.45. The maximum Gasteiger partial charge on any atom is 0.409 e. The number of H-pyrrole nitrogens is 1. The van der Waals surface area contributed by atoms with E-state index in [1.54, 1.807) is 0 Å². The lowest BCUT2D eigenvalue weighted by Crippen LogP contribution is -2.50. The molecule has 1 aliphatic heterocycles. The lowest BCUT2D eigenvalue weighted by molar-refractivity contribution is -0.0242. The molecule has 4 rings (SSSR count). The summed E-state index contributed by atoms with van der Waals surface area (Å²) in [5.74, 6) is 0.742. The fraction of sp³-hybridized carbons (Fsp3) is 0.538. The monoisotopic (exact) mass is 437 g/mol. The highest BCUT2D eigenvalue weighted by Crippen LogP contribution is 2.37. The van der Waals surface area contributed by atoms with Gasteiger partial charge in [-0.1, -0.05) is 36.9 Å². The van der Waals surface area contributed by atoms with E-state index in [0.29, 0.717) is 19.1 Å². The van der Waals surface area contributed by atoms with Crippen molar-refractivity contribution >= 4 is 11.7 Å². The van der Waals surface area contributed by atoms with E-state index in [1.807, 2.05) is 18.0 Å². The molecule has 2 aliphatic rings. The summed E-state index contributed by atoms with van der Waals surface area (Å²) in [5.41, 5.74) is 4.49. The summed E-state index contributed by atoms with van der Waals surface area (Å²) in [6.07, 6.45) is 8.07. The molecule has 0 unspecified atom stereocenters. The number of carbonyl (C=O) groups excluding carboxylic acids is 1. The van der Waals surface area contributed by atoms with Crippen molar-refractivity contribution in [3.8, 4) is 0 Å². The maximum atomic E-state index is 12.6. The van der Waals surface area contributed by atoms with Crippen LogP contribution in [0.15, 0.2) is 43.1 Å². The number of nitrogens with zero attached hydrogens (tertiary/aromatic N) is 2. The Morgan fingerprint density at radius 1 is 1.19 bits per heavy atom. The fourth-order valence-corrected chi connectivity index (χ4v) is 5.39. The van der Waals surface area contributed by atoms with Gasteiger partial charge in [-0.05, 0) is 62.5 Å². The van der Waals surface area contributed by atoms with Crippen molar-refractivity contribution in [2.24, 2.45) is 0 Å². The van der Waals surface area contributed by atoms with E-state index in [2.05, 4.69) is 47.1 Å². The third-order valence-electron chi connectivity index (χ3n) is 7.14. The Kier molecular flexibility index (Phi) is 7.30. The lowest BCUT2D eigenvalue weighted by Gasteiger charge is -2.41. The minimum atomic E-state index is -0.285. The Labute approximate surface area is 191 Å². The van der Waals surface area contributed by atoms with Crippen LogP contribution in [0.25, 0.3) is 5.57 Å². The van der Waals surface area contributed by atoms with Crippen LogP contribution in [0.5, 0.6) is 0 Å². The van der Waals surface area contributed by atoms with Crippen molar-refractivity contribution in [1.82, 2.24) is 15.1 Å². The molecule has 2 aromatic rings. The van der Waals surface area contributed by atoms with Gasteiger partial charge < -0.3 is 14.4 Å². The van der Waals surface area contributed by atoms with E-state index >= 15 is 0 Å². The van der Waals surface area contributed by atoms with Gasteiger partial charge in [-0.25, -0.2) is 4.79 Å². The van der Waals surface area contributed by atoms with Gasteiger partial charge in [0, 0.05) is 23.7 Å². The second-order valence-electron chi connectivity index (χ2n) is 9.17. The van der Waals surface area contributed by atoms with Crippen molar-refractivity contribution in [3.63, 3.8) is 0 Å². The molecule has 172 valence electrons. The smallest absolute Gasteiger partial charge is 0.409 e. The van der Waals surface area contributed by atoms with Crippen molar-refractivity contribution in [2.75, 3.05) is 20.3 Å². The number of benzene rings is 1. The van der Waals surface area contributed by atoms with Gasteiger partial charge in [0.15, 0.2) is 0 Å². The first kappa shape index (κ1) is 22.6. The number of nitrogens with one attached hydrogen (secondary N) is 1. The zero-order valence-electron chi connectivity index (χ0n) is 19.3. The van der Waals surface area contributed by atoms with E-state index in [0.717, 1.165) is 55.4 Å². The molecule has 1 aliphatic carbocycles. The Balaban J connectivity index is 1.44. The molecular formula is C26H35N3O3. The Morgan fingerprint density at radius 2 is 1.94 bits per heavy atom. The Morgan fingerprint density at radius 3 is 2.62 bits per heavy atom. The number of likely N-dealkylation sites (tertiary alicyclic amines) is 1. The number of hydrogen-bond acceptors (Lipinski definition) is 4. The van der Waals surface area contributed by atoms with Gasteiger partial charge in [-0.15, -0.1) is 0 Å². The van der Waals surface area contributed by atoms with Crippen LogP contribution in [-0.2, 0) is 9.47 Å². The molecule has 1 saturated carbocycles. The van der Waals surface area contributed by atoms with Crippen molar-refractivity contribution < 1.29 is 14.3 Å². The van der Waals surface area contributed by atoms with E-state index < -0.39 is 0 Å². The molecule has 0 radical (unpaired) electrons. The van der Waals surface area contributed by atoms with Gasteiger partial charge in [0.25, 0.3) is 0 Å². The van der Waals surface area contributed by atoms with Crippen LogP contribution in [0.4, 0.5) is 4.79 Å². The number of carbonyl (C=O) groups is 1. The molecular weight excluding hydrogens is 402 g/mol. The molecule has 2 atom stereocenters. The van der Waals surface area contributed by atoms with Crippen LogP contribution in [0.3, 0.4) is 0 Å². The Bertz CT molecular complexity index is 902. The normalized spacial score (nSPS) is 26.0. The number of rotatable bonds is 6. The van der Waals surface area contributed by atoms with Crippen molar-refractivity contribution in [1.29, 1.82) is 0 Å². The second kappa shape index (κ2) is 10.3. The summed E-state index contributed by atoms with van der Waals surface area (Å²) in [6.45, 7) is 7.29. The van der Waals surface area contributed by atoms with Gasteiger partial charge in [-0.2, -0.15) is 5.10 Å². The van der Waals surface area contributed by atoms with Gasteiger partial charge in [0.1, 0.15) is 0 Å². The summed E-state index contributed by atoms with van der Waals surface area (Å²) in [6, 6.07) is 10.7. The zero-order valence-corrected chi connectivity index (χ0v) is 19.3. The maximum absolute atomic E-state index is 12.6. The Hall–Kier alpha value is -2.60. The first-order valence-corrected chi connectivity index (χ1v) is 11.8. The van der Waals surface area contributed by atoms with Gasteiger partial charge in [0.2, 0.25) is 0 Å². The number of amides is 1. The first-order valence-electron chi connectivity index (χ1n) is 11.8. The highest BCUT2D eigenvalue weighted by Gasteiger charge is 2.38. The van der Waals surface area contributed by atoms with Crippen LogP contribution < -0.4 is 0 Å². The zero-order chi connectivity index (χ0) is 22.5. The second-order valence-corrected chi connectivity index (χ2v) is 9.17. The minimum Gasteiger partial charge on any atom is -0.453 e. The third-order valence-corrected chi connectivity index (χ3v) is 7.14. The fourth-order valence-electron chi connectivity index (χ4n) is 5.39. The van der Waals surface area contributed by atoms with E-state index in [1.165, 1.54) is 12.7 Å². The molecule has 0 spiro atoms. The van der Waals surface area contributed by atoms with Gasteiger partial charge in [0.05, 0.1) is 32.1 Å². The summed E-state index contributed by atoms with van der Waals surface area (Å²) in [4.78, 5) is 14.4. The van der Waals surface area contributed by atoms with E-state index in [9.17, 15) is 4.79 Å². The first-order chi connectivity index (χ1) is 15.6. The summed E-state index contributed by atoms with van der Waals surface area (Å²) < 4.78 is 11.6. The van der Waals surface area contributed by atoms with Gasteiger partial charge >= 0.3 is 6.09 Å². The average Bonchev–Trinajstić information content (AvgIpc) is 3.33. The molecule has 32 heavy (non-hydrogen) atoms. The summed E-state index contributed by atoms with van der Waals surface area (Å²) >= 11 is 0. The number of hydrogen-bond donors (Lipinski definition) is 1. The van der Waals surface area contributed by atoms with Crippen LogP contribution in [0.2, 0.25) is 0 Å². The predicted molar refractivity (Wildman–Crippen MR) is 126 cm³/mol. The molecule has 6 heteroatoms. The van der Waals surface area contributed by atoms with Crippen molar-refractivity contribution in [3.05, 3.63) is 59.9 Å². The van der Waals surface area contributed by atoms with Crippen LogP contribution >= 0.6 is 0 Å². The molecule has 1 aromatic heterocycles. The predicted octanol–water partition coefficient (Wildman–Crippen LogP) is 5.50. The highest BCUT2D eigenvalue weighted by atomic mass is 16.5. The molecule has 0 bridgehead atoms. The number of ether oxygens (including phenoxy) is 2.